The van der Waals surface area contributed by atoms with E-state index in [0.717, 1.165) is 43.2 Å². The second kappa shape index (κ2) is 9.75. The molecule has 0 aliphatic carbocycles. The van der Waals surface area contributed by atoms with Gasteiger partial charge in [-0.05, 0) is 56.3 Å². The van der Waals surface area contributed by atoms with Crippen molar-refractivity contribution >= 4 is 23.0 Å². The van der Waals surface area contributed by atoms with Gasteiger partial charge < -0.3 is 29.3 Å². The lowest BCUT2D eigenvalue weighted by atomic mass is 10.1. The molecule has 4 rings (SSSR count). The summed E-state index contributed by atoms with van der Waals surface area (Å²) in [5.41, 5.74) is 1.64. The molecule has 32 heavy (non-hydrogen) atoms. The number of nitrogens with one attached hydrogen (secondary N) is 1. The molecule has 0 spiro atoms. The van der Waals surface area contributed by atoms with Gasteiger partial charge in [-0.25, -0.2) is 4.39 Å². The van der Waals surface area contributed by atoms with E-state index in [1.807, 2.05) is 12.1 Å². The fourth-order valence-electron chi connectivity index (χ4n) is 3.83. The minimum Gasteiger partial charge on any atom is -0.478 e. The number of hydrogen-bond donors (Lipinski definition) is 1. The molecule has 0 radical (unpaired) electrons. The van der Waals surface area contributed by atoms with Crippen molar-refractivity contribution in [2.45, 2.75) is 19.4 Å². The first-order valence-corrected chi connectivity index (χ1v) is 11.0. The average Bonchev–Trinajstić information content (AvgIpc) is 2.82. The molecule has 0 saturated carbocycles. The quantitative estimate of drug-likeness (QED) is 0.739. The van der Waals surface area contributed by atoms with Crippen molar-refractivity contribution in [1.82, 2.24) is 0 Å². The summed E-state index contributed by atoms with van der Waals surface area (Å²) < 4.78 is 30.0. The van der Waals surface area contributed by atoms with Gasteiger partial charge in [-0.1, -0.05) is 0 Å². The maximum Gasteiger partial charge on any atom is 0.268 e. The van der Waals surface area contributed by atoms with E-state index in [1.54, 1.807) is 13.8 Å². The smallest absolute Gasteiger partial charge is 0.268 e. The van der Waals surface area contributed by atoms with Gasteiger partial charge in [0.05, 0.1) is 37.8 Å². The lowest BCUT2D eigenvalue weighted by Crippen LogP contribution is -2.43. The number of amides is 1. The van der Waals surface area contributed by atoms with E-state index in [-0.39, 0.29) is 11.7 Å². The summed E-state index contributed by atoms with van der Waals surface area (Å²) >= 11 is 0. The van der Waals surface area contributed by atoms with Crippen LogP contribution in [-0.2, 0) is 14.3 Å². The van der Waals surface area contributed by atoms with E-state index >= 15 is 0 Å². The lowest BCUT2D eigenvalue weighted by molar-refractivity contribution is -0.128. The summed E-state index contributed by atoms with van der Waals surface area (Å²) in [4.78, 5) is 17.7. The molecule has 2 saturated heterocycles. The summed E-state index contributed by atoms with van der Waals surface area (Å²) in [6.45, 7) is 9.29. The molecule has 2 aliphatic rings. The molecule has 0 atom stereocenters. The number of benzene rings is 2. The molecule has 0 bridgehead atoms. The highest BCUT2D eigenvalue weighted by molar-refractivity contribution is 6.00. The number of carbonyl (C=O) groups is 1. The Hall–Kier alpha value is -2.84. The van der Waals surface area contributed by atoms with Crippen molar-refractivity contribution in [1.29, 1.82) is 0 Å². The van der Waals surface area contributed by atoms with Crippen LogP contribution >= 0.6 is 0 Å². The SMILES string of the molecule is CC(C)(Oc1ccc(F)cc1)C(=O)Nc1ccc(N2CCOCC2)cc1N1CCOCC1. The number of morpholine rings is 2. The van der Waals surface area contributed by atoms with E-state index in [9.17, 15) is 9.18 Å². The fourth-order valence-corrected chi connectivity index (χ4v) is 3.83. The molecule has 172 valence electrons. The molecule has 1 N–H and O–H groups in total. The predicted octanol–water partition coefficient (Wildman–Crippen LogP) is 3.30. The number of anilines is 3. The summed E-state index contributed by atoms with van der Waals surface area (Å²) in [6.07, 6.45) is 0. The number of halogens is 1. The van der Waals surface area contributed by atoms with Gasteiger partial charge in [-0.3, -0.25) is 4.79 Å². The molecule has 2 aliphatic heterocycles. The van der Waals surface area contributed by atoms with Gasteiger partial charge in [-0.15, -0.1) is 0 Å². The normalized spacial score (nSPS) is 17.2. The highest BCUT2D eigenvalue weighted by atomic mass is 19.1. The van der Waals surface area contributed by atoms with Crippen LogP contribution < -0.4 is 19.9 Å². The Bertz CT molecular complexity index is 923. The third-order valence-corrected chi connectivity index (χ3v) is 5.69. The van der Waals surface area contributed by atoms with Crippen LogP contribution in [0.15, 0.2) is 42.5 Å². The number of carbonyl (C=O) groups excluding carboxylic acids is 1. The Morgan fingerprint density at radius 1 is 0.938 bits per heavy atom. The minimum absolute atomic E-state index is 0.282. The van der Waals surface area contributed by atoms with Crippen molar-refractivity contribution in [3.8, 4) is 5.75 Å². The van der Waals surface area contributed by atoms with Crippen LogP contribution in [0.4, 0.5) is 21.5 Å². The fraction of sp³-hybridized carbons (Fsp3) is 0.458. The van der Waals surface area contributed by atoms with Crippen LogP contribution in [0.1, 0.15) is 13.8 Å². The molecular weight excluding hydrogens is 413 g/mol. The maximum absolute atomic E-state index is 13.2. The summed E-state index contributed by atoms with van der Waals surface area (Å²) in [6, 6.07) is 11.7. The number of nitrogens with zero attached hydrogens (tertiary/aromatic N) is 2. The van der Waals surface area contributed by atoms with Gasteiger partial charge in [0.25, 0.3) is 5.91 Å². The molecule has 2 heterocycles. The van der Waals surface area contributed by atoms with Crippen LogP contribution in [0.3, 0.4) is 0 Å². The second-order valence-corrected chi connectivity index (χ2v) is 8.42. The van der Waals surface area contributed by atoms with E-state index < -0.39 is 5.60 Å². The van der Waals surface area contributed by atoms with Gasteiger partial charge in [0, 0.05) is 31.9 Å². The topological polar surface area (TPSA) is 63.3 Å². The zero-order valence-electron chi connectivity index (χ0n) is 18.6. The Kier molecular flexibility index (Phi) is 6.81. The first-order valence-electron chi connectivity index (χ1n) is 11.0. The summed E-state index contributed by atoms with van der Waals surface area (Å²) in [5, 5.41) is 3.05. The first kappa shape index (κ1) is 22.4. The van der Waals surface area contributed by atoms with Crippen LogP contribution in [0.2, 0.25) is 0 Å². The molecule has 0 unspecified atom stereocenters. The van der Waals surface area contributed by atoms with Crippen molar-refractivity contribution < 1.29 is 23.4 Å². The third kappa shape index (κ3) is 5.31. The summed E-state index contributed by atoms with van der Waals surface area (Å²) in [7, 11) is 0. The molecule has 7 nitrogen and oxygen atoms in total. The van der Waals surface area contributed by atoms with Crippen LogP contribution in [0, 0.1) is 5.82 Å². The Morgan fingerprint density at radius 3 is 2.16 bits per heavy atom. The standard InChI is InChI=1S/C24H30FN3O4/c1-24(2,32-20-6-3-18(25)4-7-20)23(29)26-21-8-5-19(27-9-13-30-14-10-27)17-22(21)28-11-15-31-16-12-28/h3-8,17H,9-16H2,1-2H3,(H,26,29). The first-order chi connectivity index (χ1) is 15.4. The molecular formula is C24H30FN3O4. The monoisotopic (exact) mass is 443 g/mol. The Labute approximate surface area is 188 Å². The third-order valence-electron chi connectivity index (χ3n) is 5.69. The van der Waals surface area contributed by atoms with Gasteiger partial charge in [-0.2, -0.15) is 0 Å². The van der Waals surface area contributed by atoms with Gasteiger partial charge >= 0.3 is 0 Å². The zero-order valence-corrected chi connectivity index (χ0v) is 18.6. The second-order valence-electron chi connectivity index (χ2n) is 8.42. The molecule has 2 aromatic rings. The van der Waals surface area contributed by atoms with E-state index in [2.05, 4.69) is 21.2 Å². The van der Waals surface area contributed by atoms with Crippen LogP contribution in [0.25, 0.3) is 0 Å². The lowest BCUT2D eigenvalue weighted by Gasteiger charge is -2.34. The van der Waals surface area contributed by atoms with Gasteiger partial charge in [0.2, 0.25) is 0 Å². The van der Waals surface area contributed by atoms with Crippen LogP contribution in [-0.4, -0.2) is 64.1 Å². The Balaban J connectivity index is 1.55. The van der Waals surface area contributed by atoms with Crippen molar-refractivity contribution in [2.75, 3.05) is 67.7 Å². The highest BCUT2D eigenvalue weighted by Gasteiger charge is 2.31. The summed E-state index contributed by atoms with van der Waals surface area (Å²) in [5.74, 6) is -0.201. The largest absolute Gasteiger partial charge is 0.478 e. The van der Waals surface area contributed by atoms with E-state index in [1.165, 1.54) is 24.3 Å². The molecule has 8 heteroatoms. The van der Waals surface area contributed by atoms with Crippen LogP contribution in [0.5, 0.6) is 5.75 Å². The number of rotatable bonds is 6. The average molecular weight is 444 g/mol. The number of ether oxygens (including phenoxy) is 3. The van der Waals surface area contributed by atoms with Gasteiger partial charge in [0.15, 0.2) is 5.60 Å². The molecule has 1 amide bonds. The zero-order chi connectivity index (χ0) is 22.6. The highest BCUT2D eigenvalue weighted by Crippen LogP contribution is 2.33. The minimum atomic E-state index is -1.15. The van der Waals surface area contributed by atoms with Gasteiger partial charge in [0.1, 0.15) is 11.6 Å². The Morgan fingerprint density at radius 2 is 1.53 bits per heavy atom. The maximum atomic E-state index is 13.2. The number of hydrogen-bond acceptors (Lipinski definition) is 6. The van der Waals surface area contributed by atoms with Crippen molar-refractivity contribution in [3.05, 3.63) is 48.3 Å². The molecule has 2 aromatic carbocycles. The molecule has 2 fully saturated rings. The van der Waals surface area contributed by atoms with Crippen molar-refractivity contribution in [3.63, 3.8) is 0 Å². The van der Waals surface area contributed by atoms with Crippen molar-refractivity contribution in [2.24, 2.45) is 0 Å². The molecule has 0 aromatic heterocycles. The van der Waals surface area contributed by atoms with E-state index in [4.69, 9.17) is 14.2 Å². The predicted molar refractivity (Wildman–Crippen MR) is 122 cm³/mol. The van der Waals surface area contributed by atoms with E-state index in [0.29, 0.717) is 32.2 Å².